The maximum Gasteiger partial charge on any atom is 0.123 e. The second-order valence-electron chi connectivity index (χ2n) is 3.51. The van der Waals surface area contributed by atoms with Crippen LogP contribution in [0.15, 0.2) is 18.2 Å². The summed E-state index contributed by atoms with van der Waals surface area (Å²) in [5, 5.41) is 0.627. The summed E-state index contributed by atoms with van der Waals surface area (Å²) in [7, 11) is 0. The monoisotopic (exact) mass is 266 g/mol. The van der Waals surface area contributed by atoms with E-state index in [1.807, 2.05) is 0 Å². The number of hydrogen-bond donors (Lipinski definition) is 0. The molecule has 1 aromatic rings. The Bertz CT molecular complexity index is 317. The fourth-order valence-corrected chi connectivity index (χ4v) is 2.67. The van der Waals surface area contributed by atoms with Crippen molar-refractivity contribution in [1.29, 1.82) is 0 Å². The van der Waals surface area contributed by atoms with Crippen LogP contribution in [0.2, 0.25) is 5.02 Å². The molecule has 0 fully saturated rings. The van der Waals surface area contributed by atoms with Crippen molar-refractivity contribution >= 4 is 35.0 Å². The minimum Gasteiger partial charge on any atom is -0.207 e. The molecule has 0 nitrogen and oxygen atoms in total. The van der Waals surface area contributed by atoms with Crippen LogP contribution in [0, 0.1) is 11.7 Å². The lowest BCUT2D eigenvalue weighted by Crippen LogP contribution is -1.99. The Morgan fingerprint density at radius 2 is 2.20 bits per heavy atom. The molecule has 0 heterocycles. The minimum absolute atomic E-state index is 0.236. The Hall–Kier alpha value is 0.0800. The molecule has 1 aromatic carbocycles. The van der Waals surface area contributed by atoms with E-state index in [0.29, 0.717) is 16.8 Å². The smallest absolute Gasteiger partial charge is 0.123 e. The second-order valence-corrected chi connectivity index (χ2v) is 5.26. The summed E-state index contributed by atoms with van der Waals surface area (Å²) in [4.78, 5) is 0. The van der Waals surface area contributed by atoms with Crippen LogP contribution in [-0.2, 0) is 5.75 Å². The number of halogens is 3. The molecule has 1 unspecified atom stereocenters. The van der Waals surface area contributed by atoms with Gasteiger partial charge in [0.05, 0.1) is 0 Å². The van der Waals surface area contributed by atoms with E-state index in [1.165, 1.54) is 12.1 Å². The highest BCUT2D eigenvalue weighted by atomic mass is 35.5. The first-order valence-electron chi connectivity index (χ1n) is 4.71. The lowest BCUT2D eigenvalue weighted by molar-refractivity contribution is 0.626. The standard InChI is InChI=1S/C11H13Cl2FS/c1-8(5-12)6-15-7-9-4-10(14)2-3-11(9)13/h2-4,8H,5-7H2,1H3. The van der Waals surface area contributed by atoms with Gasteiger partial charge < -0.3 is 0 Å². The predicted octanol–water partition coefficient (Wildman–Crippen LogP) is 4.59. The molecule has 0 bridgehead atoms. The summed E-state index contributed by atoms with van der Waals surface area (Å²) in [6.07, 6.45) is 0. The van der Waals surface area contributed by atoms with Crippen molar-refractivity contribution in [3.63, 3.8) is 0 Å². The molecule has 15 heavy (non-hydrogen) atoms. The molecule has 0 aliphatic heterocycles. The maximum absolute atomic E-state index is 12.9. The van der Waals surface area contributed by atoms with Gasteiger partial charge in [-0.2, -0.15) is 11.8 Å². The molecule has 4 heteroatoms. The topological polar surface area (TPSA) is 0 Å². The molecule has 0 saturated heterocycles. The predicted molar refractivity (Wildman–Crippen MR) is 67.5 cm³/mol. The van der Waals surface area contributed by atoms with Gasteiger partial charge in [-0.15, -0.1) is 11.6 Å². The molecule has 0 N–H and O–H groups in total. The molecule has 0 spiro atoms. The van der Waals surface area contributed by atoms with E-state index in [-0.39, 0.29) is 5.82 Å². The summed E-state index contributed by atoms with van der Waals surface area (Å²) >= 11 is 13.4. The van der Waals surface area contributed by atoms with Crippen LogP contribution >= 0.6 is 35.0 Å². The molecule has 1 rings (SSSR count). The summed E-state index contributed by atoms with van der Waals surface area (Å²) < 4.78 is 12.9. The van der Waals surface area contributed by atoms with Crippen molar-refractivity contribution in [2.75, 3.05) is 11.6 Å². The highest BCUT2D eigenvalue weighted by Crippen LogP contribution is 2.23. The van der Waals surface area contributed by atoms with Crippen molar-refractivity contribution in [3.8, 4) is 0 Å². The quantitative estimate of drug-likeness (QED) is 0.703. The van der Waals surface area contributed by atoms with Gasteiger partial charge in [0.15, 0.2) is 0 Å². The first kappa shape index (κ1) is 13.1. The van der Waals surface area contributed by atoms with E-state index in [4.69, 9.17) is 23.2 Å². The second kappa shape index (κ2) is 6.62. The van der Waals surface area contributed by atoms with Gasteiger partial charge in [0, 0.05) is 16.7 Å². The molecular formula is C11H13Cl2FS. The zero-order valence-electron chi connectivity index (χ0n) is 8.47. The van der Waals surface area contributed by atoms with Crippen LogP contribution in [0.4, 0.5) is 4.39 Å². The number of thioether (sulfide) groups is 1. The van der Waals surface area contributed by atoms with Crippen LogP contribution in [0.3, 0.4) is 0 Å². The van der Waals surface area contributed by atoms with E-state index in [0.717, 1.165) is 17.1 Å². The Balaban J connectivity index is 2.46. The SMILES string of the molecule is CC(CCl)CSCc1cc(F)ccc1Cl. The van der Waals surface area contributed by atoms with E-state index in [9.17, 15) is 4.39 Å². The van der Waals surface area contributed by atoms with Gasteiger partial charge in [-0.1, -0.05) is 18.5 Å². The molecule has 84 valence electrons. The summed E-state index contributed by atoms with van der Waals surface area (Å²) in [5.74, 6) is 2.60. The van der Waals surface area contributed by atoms with Crippen molar-refractivity contribution in [2.45, 2.75) is 12.7 Å². The highest BCUT2D eigenvalue weighted by molar-refractivity contribution is 7.98. The third kappa shape index (κ3) is 4.62. The van der Waals surface area contributed by atoms with E-state index in [2.05, 4.69) is 6.92 Å². The molecule has 0 aromatic heterocycles. The fraction of sp³-hybridized carbons (Fsp3) is 0.455. The number of alkyl halides is 1. The third-order valence-corrected chi connectivity index (χ3v) is 4.15. The van der Waals surface area contributed by atoms with Crippen molar-refractivity contribution in [1.82, 2.24) is 0 Å². The molecule has 0 aliphatic carbocycles. The van der Waals surface area contributed by atoms with Gasteiger partial charge in [0.25, 0.3) is 0 Å². The van der Waals surface area contributed by atoms with Crippen molar-refractivity contribution < 1.29 is 4.39 Å². The largest absolute Gasteiger partial charge is 0.207 e. The minimum atomic E-state index is -0.236. The fourth-order valence-electron chi connectivity index (χ4n) is 1.07. The highest BCUT2D eigenvalue weighted by Gasteiger charge is 2.04. The molecule has 0 radical (unpaired) electrons. The summed E-state index contributed by atoms with van der Waals surface area (Å²) in [6, 6.07) is 4.45. The van der Waals surface area contributed by atoms with E-state index >= 15 is 0 Å². The molecule has 0 amide bonds. The van der Waals surface area contributed by atoms with Crippen LogP contribution in [-0.4, -0.2) is 11.6 Å². The molecular weight excluding hydrogens is 254 g/mol. The van der Waals surface area contributed by atoms with Gasteiger partial charge in [0.1, 0.15) is 5.82 Å². The number of benzene rings is 1. The normalized spacial score (nSPS) is 12.8. The maximum atomic E-state index is 12.9. The first-order chi connectivity index (χ1) is 7.13. The van der Waals surface area contributed by atoms with Gasteiger partial charge in [-0.3, -0.25) is 0 Å². The number of hydrogen-bond acceptors (Lipinski definition) is 1. The van der Waals surface area contributed by atoms with Crippen LogP contribution in [0.1, 0.15) is 12.5 Å². The van der Waals surface area contributed by atoms with E-state index in [1.54, 1.807) is 17.8 Å². The Labute approximate surface area is 104 Å². The Kier molecular flexibility index (Phi) is 5.80. The van der Waals surface area contributed by atoms with Crippen LogP contribution < -0.4 is 0 Å². The third-order valence-electron chi connectivity index (χ3n) is 1.93. The lowest BCUT2D eigenvalue weighted by Gasteiger charge is -2.07. The zero-order chi connectivity index (χ0) is 11.3. The number of rotatable bonds is 5. The lowest BCUT2D eigenvalue weighted by atomic mass is 10.2. The Morgan fingerprint density at radius 3 is 2.87 bits per heavy atom. The molecule has 1 atom stereocenters. The van der Waals surface area contributed by atoms with Gasteiger partial charge in [0.2, 0.25) is 0 Å². The van der Waals surface area contributed by atoms with Crippen molar-refractivity contribution in [3.05, 3.63) is 34.6 Å². The summed E-state index contributed by atoms with van der Waals surface area (Å²) in [5.41, 5.74) is 0.850. The molecule has 0 aliphatic rings. The Morgan fingerprint density at radius 1 is 1.47 bits per heavy atom. The average molecular weight is 267 g/mol. The van der Waals surface area contributed by atoms with Crippen LogP contribution in [0.5, 0.6) is 0 Å². The average Bonchev–Trinajstić information content (AvgIpc) is 2.23. The van der Waals surface area contributed by atoms with Crippen molar-refractivity contribution in [2.24, 2.45) is 5.92 Å². The van der Waals surface area contributed by atoms with Gasteiger partial charge >= 0.3 is 0 Å². The summed E-state index contributed by atoms with van der Waals surface area (Å²) in [6.45, 7) is 2.09. The van der Waals surface area contributed by atoms with Gasteiger partial charge in [-0.05, 0) is 35.4 Å². The van der Waals surface area contributed by atoms with Gasteiger partial charge in [-0.25, -0.2) is 4.39 Å². The van der Waals surface area contributed by atoms with E-state index < -0.39 is 0 Å². The first-order valence-corrected chi connectivity index (χ1v) is 6.78. The molecule has 0 saturated carbocycles. The zero-order valence-corrected chi connectivity index (χ0v) is 10.8. The van der Waals surface area contributed by atoms with Crippen LogP contribution in [0.25, 0.3) is 0 Å².